The molecule has 358 valence electrons. The molecule has 4 aliphatic rings. The average Bonchev–Trinajstić information content (AvgIpc) is 4.21. The molecular formula is C52H58N4O12. The minimum Gasteiger partial charge on any atom is -0.462 e. The summed E-state index contributed by atoms with van der Waals surface area (Å²) in [4.78, 5) is 18.0. The van der Waals surface area contributed by atoms with Gasteiger partial charge in [-0.3, -0.25) is 0 Å². The lowest BCUT2D eigenvalue weighted by atomic mass is 9.99. The van der Waals surface area contributed by atoms with Gasteiger partial charge in [0.05, 0.1) is 36.0 Å². The van der Waals surface area contributed by atoms with Crippen LogP contribution in [-0.2, 0) is 22.3 Å². The number of fused-ring (bicyclic) bond motifs is 8. The molecule has 0 radical (unpaired) electrons. The van der Waals surface area contributed by atoms with E-state index in [1.165, 1.54) is 0 Å². The number of aromatic amines is 2. The number of aliphatic hydroxyl groups is 8. The van der Waals surface area contributed by atoms with Crippen LogP contribution in [0.3, 0.4) is 0 Å². The van der Waals surface area contributed by atoms with Crippen LogP contribution in [0.1, 0.15) is 73.4 Å². The molecule has 16 heteroatoms. The summed E-state index contributed by atoms with van der Waals surface area (Å²) in [5, 5.41) is 82.1. The molecule has 10 N–H and O–H groups in total. The molecule has 7 heterocycles. The predicted molar refractivity (Wildman–Crippen MR) is 256 cm³/mol. The Bertz CT molecular complexity index is 2800. The van der Waals surface area contributed by atoms with Crippen LogP contribution in [0.5, 0.6) is 11.5 Å². The van der Waals surface area contributed by atoms with Crippen molar-refractivity contribution in [1.82, 2.24) is 19.9 Å². The number of H-pyrrole nitrogens is 2. The highest BCUT2D eigenvalue weighted by Crippen LogP contribution is 2.37. The lowest BCUT2D eigenvalue weighted by molar-refractivity contribution is -0.277. The summed E-state index contributed by atoms with van der Waals surface area (Å²) in [7, 11) is 0. The van der Waals surface area contributed by atoms with Crippen LogP contribution in [0.4, 0.5) is 0 Å². The van der Waals surface area contributed by atoms with Gasteiger partial charge in [0.2, 0.25) is 12.6 Å². The van der Waals surface area contributed by atoms with Gasteiger partial charge in [-0.1, -0.05) is 51.0 Å². The molecule has 0 unspecified atom stereocenters. The smallest absolute Gasteiger partial charge is 0.229 e. The number of unbranched alkanes of at least 4 members (excludes halogenated alkanes) is 2. The first-order valence-corrected chi connectivity index (χ1v) is 23.3. The first kappa shape index (κ1) is 47.3. The van der Waals surface area contributed by atoms with E-state index in [-0.39, 0.29) is 0 Å². The van der Waals surface area contributed by atoms with Crippen molar-refractivity contribution >= 4 is 46.4 Å². The van der Waals surface area contributed by atoms with Crippen LogP contribution in [0.25, 0.3) is 68.6 Å². The Morgan fingerprint density at radius 2 is 0.868 bits per heavy atom. The van der Waals surface area contributed by atoms with Gasteiger partial charge in [0.15, 0.2) is 0 Å². The van der Waals surface area contributed by atoms with E-state index in [0.29, 0.717) is 17.2 Å². The summed E-state index contributed by atoms with van der Waals surface area (Å²) in [5.74, 6) is 0.637. The summed E-state index contributed by atoms with van der Waals surface area (Å²) < 4.78 is 23.1. The van der Waals surface area contributed by atoms with E-state index in [4.69, 9.17) is 28.9 Å². The Kier molecular flexibility index (Phi) is 14.2. The van der Waals surface area contributed by atoms with Gasteiger partial charge in [0, 0.05) is 44.3 Å². The number of aliphatic hydroxyl groups excluding tert-OH is 8. The second-order valence-corrected chi connectivity index (χ2v) is 17.6. The number of rotatable bonds is 14. The van der Waals surface area contributed by atoms with Crippen molar-refractivity contribution in [1.29, 1.82) is 0 Å². The first-order chi connectivity index (χ1) is 33.0. The van der Waals surface area contributed by atoms with Crippen molar-refractivity contribution in [3.63, 3.8) is 0 Å². The summed E-state index contributed by atoms with van der Waals surface area (Å²) >= 11 is 0. The molecule has 0 aliphatic carbocycles. The molecule has 0 spiro atoms. The van der Waals surface area contributed by atoms with E-state index in [0.717, 1.165) is 111 Å². The Labute approximate surface area is 392 Å². The van der Waals surface area contributed by atoms with Crippen molar-refractivity contribution in [2.45, 2.75) is 114 Å². The van der Waals surface area contributed by atoms with Crippen molar-refractivity contribution < 1.29 is 59.8 Å². The monoisotopic (exact) mass is 930 g/mol. The minimum absolute atomic E-state index is 0.315. The van der Waals surface area contributed by atoms with E-state index >= 15 is 0 Å². The number of ether oxygens (including phenoxy) is 4. The predicted octanol–water partition coefficient (Wildman–Crippen LogP) is 5.03. The summed E-state index contributed by atoms with van der Waals surface area (Å²) in [6.45, 7) is 3.18. The molecule has 2 aromatic carbocycles. The van der Waals surface area contributed by atoms with Crippen molar-refractivity contribution in [2.24, 2.45) is 0 Å². The van der Waals surface area contributed by atoms with Crippen LogP contribution in [-0.4, -0.2) is 135 Å². The second-order valence-electron chi connectivity index (χ2n) is 17.6. The highest BCUT2D eigenvalue weighted by molar-refractivity contribution is 5.97. The molecule has 2 saturated heterocycles. The molecule has 3 aromatic heterocycles. The van der Waals surface area contributed by atoms with Crippen LogP contribution >= 0.6 is 0 Å². The zero-order valence-corrected chi connectivity index (χ0v) is 37.8. The topological polar surface area (TPSA) is 256 Å². The zero-order chi connectivity index (χ0) is 47.6. The van der Waals surface area contributed by atoms with E-state index in [2.05, 4.69) is 48.1 Å². The molecule has 5 aromatic rings. The highest BCUT2D eigenvalue weighted by atomic mass is 16.7. The van der Waals surface area contributed by atoms with E-state index in [1.54, 1.807) is 24.3 Å². The molecule has 4 aliphatic heterocycles. The molecule has 0 amide bonds. The number of hydrogen-bond acceptors (Lipinski definition) is 14. The third kappa shape index (κ3) is 9.37. The Morgan fingerprint density at radius 3 is 1.35 bits per heavy atom. The Morgan fingerprint density at radius 1 is 0.471 bits per heavy atom. The zero-order valence-electron chi connectivity index (χ0n) is 37.8. The SMILES string of the molecule is CCCCc1c2nc(c(CCCC)c3ccc([nH]3)c(-c3ccc(O[C@@H]4O[C@H](CO)[C@@H](O)[C@H](O)[C@H]4O)cc3)c3ccc([nH]3)c(-c3ccc(O[C@@H]4O[C@H](CO)[C@@H](O)[C@H](O)[C@H]4O)cc3)c3nc1C=C3)C=C2. The molecule has 8 bridgehead atoms. The Balaban J connectivity index is 1.20. The standard InChI is InChI=1S/C52H58N4O12/c1-3-5-7-31-33-17-18-34(53-33)32(8-6-4-2)36-20-22-38(55-36)44(28-11-15-30(16-12-28)66-52-50(64)48(62)46(60)42(26-58)68-52)40-24-23-39(56-40)43(37-21-19-35(31)54-37)27-9-13-29(14-10-27)65-51-49(63)47(61)45(59)41(25-57)67-51/h9-24,41-42,45-52,54,56-64H,3-8,25-26H2,1-2H3/t41-,42-,45-,46-,47+,48+,49-,50-,51-,52-/m1/s1. The lowest BCUT2D eigenvalue weighted by Crippen LogP contribution is -2.60. The van der Waals surface area contributed by atoms with Crippen molar-refractivity contribution in [3.05, 3.63) is 107 Å². The molecule has 68 heavy (non-hydrogen) atoms. The quantitative estimate of drug-likeness (QED) is 0.0687. The summed E-state index contributed by atoms with van der Waals surface area (Å²) in [6.07, 6.45) is -0.526. The van der Waals surface area contributed by atoms with Gasteiger partial charge >= 0.3 is 0 Å². The maximum atomic E-state index is 10.7. The number of hydrogen-bond donors (Lipinski definition) is 10. The second kappa shape index (κ2) is 20.5. The normalized spacial score (nSPS) is 25.7. The number of benzene rings is 2. The highest BCUT2D eigenvalue weighted by Gasteiger charge is 2.46. The van der Waals surface area contributed by atoms with Crippen molar-refractivity contribution in [2.75, 3.05) is 13.2 Å². The van der Waals surface area contributed by atoms with Crippen LogP contribution in [0, 0.1) is 0 Å². The minimum atomic E-state index is -1.59. The number of aryl methyl sites for hydroxylation is 1. The summed E-state index contributed by atoms with van der Waals surface area (Å²) in [6, 6.07) is 22.5. The van der Waals surface area contributed by atoms with Gasteiger partial charge in [-0.15, -0.1) is 0 Å². The number of aromatic nitrogens is 4. The lowest BCUT2D eigenvalue weighted by Gasteiger charge is -2.39. The molecule has 0 saturated carbocycles. The first-order valence-electron chi connectivity index (χ1n) is 23.3. The third-order valence-corrected chi connectivity index (χ3v) is 13.0. The molecule has 16 nitrogen and oxygen atoms in total. The molecule has 2 fully saturated rings. The van der Waals surface area contributed by atoms with Crippen LogP contribution in [0.2, 0.25) is 0 Å². The van der Waals surface area contributed by atoms with Crippen molar-refractivity contribution in [3.8, 4) is 33.8 Å². The molecule has 10 atom stereocenters. The van der Waals surface area contributed by atoms with Gasteiger partial charge in [-0.05, 0) is 110 Å². The van der Waals surface area contributed by atoms with Gasteiger partial charge in [-0.25, -0.2) is 9.97 Å². The molecular weight excluding hydrogens is 873 g/mol. The molecule has 9 rings (SSSR count). The fourth-order valence-corrected chi connectivity index (χ4v) is 9.16. The van der Waals surface area contributed by atoms with Gasteiger partial charge < -0.3 is 69.8 Å². The largest absolute Gasteiger partial charge is 0.462 e. The van der Waals surface area contributed by atoms with Gasteiger partial charge in [-0.2, -0.15) is 0 Å². The van der Waals surface area contributed by atoms with Crippen LogP contribution in [0.15, 0.2) is 72.8 Å². The number of nitrogens with one attached hydrogen (secondary N) is 2. The fourth-order valence-electron chi connectivity index (χ4n) is 9.16. The van der Waals surface area contributed by atoms with E-state index in [1.807, 2.05) is 48.6 Å². The van der Waals surface area contributed by atoms with Gasteiger partial charge in [0.1, 0.15) is 60.3 Å². The number of nitrogens with zero attached hydrogens (tertiary/aromatic N) is 2. The van der Waals surface area contributed by atoms with E-state index < -0.39 is 74.6 Å². The fraction of sp³-hybridized carbons (Fsp3) is 0.385. The Hall–Kier alpha value is -5.76. The maximum absolute atomic E-state index is 10.7. The maximum Gasteiger partial charge on any atom is 0.229 e. The third-order valence-electron chi connectivity index (χ3n) is 13.0. The van der Waals surface area contributed by atoms with Gasteiger partial charge in [0.25, 0.3) is 0 Å². The van der Waals surface area contributed by atoms with E-state index in [9.17, 15) is 40.9 Å². The van der Waals surface area contributed by atoms with Crippen LogP contribution < -0.4 is 9.47 Å². The average molecular weight is 931 g/mol. The summed E-state index contributed by atoms with van der Waals surface area (Å²) in [5.41, 5.74) is 12.0.